The van der Waals surface area contributed by atoms with Crippen LogP contribution < -0.4 is 10.5 Å². The maximum Gasteiger partial charge on any atom is 0.141 e. The molecular weight excluding hydrogens is 224 g/mol. The van der Waals surface area contributed by atoms with Gasteiger partial charge < -0.3 is 10.5 Å². The molecule has 92 valence electrons. The minimum atomic E-state index is 0.0151. The van der Waals surface area contributed by atoms with Gasteiger partial charge in [-0.2, -0.15) is 0 Å². The molecule has 0 spiro atoms. The van der Waals surface area contributed by atoms with Gasteiger partial charge in [-0.15, -0.1) is 0 Å². The van der Waals surface area contributed by atoms with Gasteiger partial charge in [0, 0.05) is 0 Å². The van der Waals surface area contributed by atoms with Crippen LogP contribution in [-0.4, -0.2) is 5.84 Å². The second-order valence-electron chi connectivity index (χ2n) is 4.28. The molecule has 0 amide bonds. The topological polar surface area (TPSA) is 59.1 Å². The smallest absolute Gasteiger partial charge is 0.141 e. The van der Waals surface area contributed by atoms with E-state index in [1.807, 2.05) is 50.2 Å². The Morgan fingerprint density at radius 3 is 2.50 bits per heavy atom. The lowest BCUT2D eigenvalue weighted by Gasteiger charge is -2.13. The largest absolute Gasteiger partial charge is 0.456 e. The molecule has 0 atom stereocenters. The molecule has 0 aliphatic rings. The summed E-state index contributed by atoms with van der Waals surface area (Å²) < 4.78 is 5.86. The number of nitrogens with one attached hydrogen (secondary N) is 1. The van der Waals surface area contributed by atoms with E-state index in [-0.39, 0.29) is 5.84 Å². The first kappa shape index (κ1) is 12.2. The molecular formula is C15H16N2O. The molecule has 0 aliphatic carbocycles. The van der Waals surface area contributed by atoms with Crippen molar-refractivity contribution in [3.8, 4) is 11.5 Å². The Morgan fingerprint density at radius 1 is 1.11 bits per heavy atom. The van der Waals surface area contributed by atoms with Gasteiger partial charge in [0.2, 0.25) is 0 Å². The van der Waals surface area contributed by atoms with Crippen LogP contribution in [-0.2, 0) is 0 Å². The normalized spacial score (nSPS) is 10.1. The van der Waals surface area contributed by atoms with E-state index in [2.05, 4.69) is 0 Å². The number of benzene rings is 2. The van der Waals surface area contributed by atoms with Crippen molar-refractivity contribution in [2.45, 2.75) is 13.8 Å². The molecule has 18 heavy (non-hydrogen) atoms. The van der Waals surface area contributed by atoms with Crippen molar-refractivity contribution < 1.29 is 4.74 Å². The number of para-hydroxylation sites is 1. The minimum absolute atomic E-state index is 0.0151. The lowest BCUT2D eigenvalue weighted by Crippen LogP contribution is -2.12. The predicted molar refractivity (Wildman–Crippen MR) is 73.4 cm³/mol. The van der Waals surface area contributed by atoms with Crippen LogP contribution in [0, 0.1) is 19.3 Å². The molecule has 0 aliphatic heterocycles. The molecule has 0 unspecified atom stereocenters. The van der Waals surface area contributed by atoms with Crippen LogP contribution in [0.2, 0.25) is 0 Å². The summed E-state index contributed by atoms with van der Waals surface area (Å²) in [5, 5.41) is 7.58. The molecule has 2 aromatic carbocycles. The van der Waals surface area contributed by atoms with Gasteiger partial charge in [0.25, 0.3) is 0 Å². The molecule has 0 aromatic heterocycles. The number of aryl methyl sites for hydroxylation is 2. The third kappa shape index (κ3) is 2.51. The van der Waals surface area contributed by atoms with Gasteiger partial charge in [0.1, 0.15) is 17.3 Å². The Hall–Kier alpha value is -2.29. The number of nitrogen functional groups attached to an aromatic ring is 1. The number of amidine groups is 1. The lowest BCUT2D eigenvalue weighted by molar-refractivity contribution is 0.477. The summed E-state index contributed by atoms with van der Waals surface area (Å²) in [6.45, 7) is 3.95. The fourth-order valence-corrected chi connectivity index (χ4v) is 1.80. The molecule has 2 aromatic rings. The van der Waals surface area contributed by atoms with Crippen molar-refractivity contribution in [2.75, 3.05) is 0 Å². The zero-order valence-corrected chi connectivity index (χ0v) is 10.5. The summed E-state index contributed by atoms with van der Waals surface area (Å²) in [4.78, 5) is 0. The van der Waals surface area contributed by atoms with Gasteiger partial charge in [-0.25, -0.2) is 0 Å². The van der Waals surface area contributed by atoms with Crippen molar-refractivity contribution >= 4 is 5.84 Å². The number of hydrogen-bond donors (Lipinski definition) is 2. The third-order valence-electron chi connectivity index (χ3n) is 2.71. The van der Waals surface area contributed by atoms with Crippen molar-refractivity contribution in [1.29, 1.82) is 5.41 Å². The second kappa shape index (κ2) is 4.92. The predicted octanol–water partition coefficient (Wildman–Crippen LogP) is 3.38. The molecule has 3 nitrogen and oxygen atoms in total. The lowest BCUT2D eigenvalue weighted by atomic mass is 10.1. The Morgan fingerprint density at radius 2 is 1.83 bits per heavy atom. The average Bonchev–Trinajstić information content (AvgIpc) is 2.31. The quantitative estimate of drug-likeness (QED) is 0.638. The molecule has 3 N–H and O–H groups in total. The molecule has 0 saturated heterocycles. The first-order valence-corrected chi connectivity index (χ1v) is 5.76. The summed E-state index contributed by atoms with van der Waals surface area (Å²) in [7, 11) is 0. The zero-order chi connectivity index (χ0) is 13.1. The standard InChI is InChI=1S/C15H16N2O/c1-10-5-3-7-12(9-10)18-14-11(2)6-4-8-13(14)15(16)17/h3-9H,1-2H3,(H3,16,17). The summed E-state index contributed by atoms with van der Waals surface area (Å²) in [5.74, 6) is 1.42. The van der Waals surface area contributed by atoms with Crippen molar-refractivity contribution in [2.24, 2.45) is 5.73 Å². The number of hydrogen-bond acceptors (Lipinski definition) is 2. The summed E-state index contributed by atoms with van der Waals surface area (Å²) in [6.07, 6.45) is 0. The van der Waals surface area contributed by atoms with Crippen molar-refractivity contribution in [3.05, 3.63) is 59.2 Å². The van der Waals surface area contributed by atoms with Crippen LogP contribution >= 0.6 is 0 Å². The second-order valence-corrected chi connectivity index (χ2v) is 4.28. The maximum atomic E-state index is 7.58. The van der Waals surface area contributed by atoms with Crippen LogP contribution in [0.15, 0.2) is 42.5 Å². The molecule has 0 fully saturated rings. The third-order valence-corrected chi connectivity index (χ3v) is 2.71. The Bertz CT molecular complexity index is 591. The van der Waals surface area contributed by atoms with Crippen molar-refractivity contribution in [1.82, 2.24) is 0 Å². The summed E-state index contributed by atoms with van der Waals surface area (Å²) in [6, 6.07) is 13.4. The van der Waals surface area contributed by atoms with Crippen LogP contribution in [0.25, 0.3) is 0 Å². The van der Waals surface area contributed by atoms with E-state index >= 15 is 0 Å². The van der Waals surface area contributed by atoms with E-state index in [1.54, 1.807) is 6.07 Å². The van der Waals surface area contributed by atoms with Gasteiger partial charge in [0.05, 0.1) is 5.56 Å². The van der Waals surface area contributed by atoms with Gasteiger partial charge >= 0.3 is 0 Å². The summed E-state index contributed by atoms with van der Waals surface area (Å²) in [5.41, 5.74) is 8.28. The van der Waals surface area contributed by atoms with Gasteiger partial charge in [-0.3, -0.25) is 5.41 Å². The van der Waals surface area contributed by atoms with Gasteiger partial charge in [0.15, 0.2) is 0 Å². The van der Waals surface area contributed by atoms with Crippen LogP contribution in [0.1, 0.15) is 16.7 Å². The van der Waals surface area contributed by atoms with E-state index in [1.165, 1.54) is 0 Å². The molecule has 2 rings (SSSR count). The summed E-state index contributed by atoms with van der Waals surface area (Å²) >= 11 is 0. The fraction of sp³-hybridized carbons (Fsp3) is 0.133. The van der Waals surface area contributed by atoms with E-state index in [4.69, 9.17) is 15.9 Å². The van der Waals surface area contributed by atoms with Crippen LogP contribution in [0.5, 0.6) is 11.5 Å². The van der Waals surface area contributed by atoms with Crippen molar-refractivity contribution in [3.63, 3.8) is 0 Å². The van der Waals surface area contributed by atoms with Crippen LogP contribution in [0.3, 0.4) is 0 Å². The highest BCUT2D eigenvalue weighted by Crippen LogP contribution is 2.29. The average molecular weight is 240 g/mol. The monoisotopic (exact) mass is 240 g/mol. The van der Waals surface area contributed by atoms with E-state index in [9.17, 15) is 0 Å². The molecule has 3 heteroatoms. The maximum absolute atomic E-state index is 7.58. The molecule has 0 radical (unpaired) electrons. The highest BCUT2D eigenvalue weighted by molar-refractivity contribution is 5.98. The van der Waals surface area contributed by atoms with E-state index in [0.29, 0.717) is 11.3 Å². The molecule has 0 bridgehead atoms. The molecule has 0 heterocycles. The first-order valence-electron chi connectivity index (χ1n) is 5.76. The number of nitrogens with two attached hydrogens (primary N) is 1. The highest BCUT2D eigenvalue weighted by Gasteiger charge is 2.10. The number of ether oxygens (including phenoxy) is 1. The van der Waals surface area contributed by atoms with E-state index < -0.39 is 0 Å². The Balaban J connectivity index is 2.42. The zero-order valence-electron chi connectivity index (χ0n) is 10.5. The SMILES string of the molecule is Cc1cccc(Oc2c(C)cccc2C(=N)N)c1. The molecule has 0 saturated carbocycles. The van der Waals surface area contributed by atoms with Crippen LogP contribution in [0.4, 0.5) is 0 Å². The highest BCUT2D eigenvalue weighted by atomic mass is 16.5. The minimum Gasteiger partial charge on any atom is -0.456 e. The Kier molecular flexibility index (Phi) is 3.33. The Labute approximate surface area is 107 Å². The van der Waals surface area contributed by atoms with Gasteiger partial charge in [-0.1, -0.05) is 24.3 Å². The first-order chi connectivity index (χ1) is 8.58. The van der Waals surface area contributed by atoms with E-state index in [0.717, 1.165) is 16.9 Å². The fourth-order valence-electron chi connectivity index (χ4n) is 1.80. The van der Waals surface area contributed by atoms with Gasteiger partial charge in [-0.05, 0) is 43.2 Å². The number of rotatable bonds is 3.